The smallest absolute Gasteiger partial charge is 0.231 e. The highest BCUT2D eigenvalue weighted by atomic mass is 16.7. The topological polar surface area (TPSA) is 43.3 Å². The van der Waals surface area contributed by atoms with Crippen LogP contribution in [0.25, 0.3) is 0 Å². The second-order valence-electron chi connectivity index (χ2n) is 7.45. The number of ether oxygens (including phenoxy) is 3. The average Bonchev–Trinajstić information content (AvgIpc) is 3.28. The zero-order chi connectivity index (χ0) is 17.7. The molecule has 2 atom stereocenters. The van der Waals surface area contributed by atoms with Crippen molar-refractivity contribution in [2.75, 3.05) is 6.79 Å². The highest BCUT2D eigenvalue weighted by molar-refractivity contribution is 6.02. The van der Waals surface area contributed by atoms with Crippen molar-refractivity contribution in [3.63, 3.8) is 0 Å². The third kappa shape index (κ3) is 2.50. The Morgan fingerprint density at radius 1 is 1.08 bits per heavy atom. The summed E-state index contributed by atoms with van der Waals surface area (Å²) in [6.45, 7) is 4.73. The molecular formula is C21H22N2O3. The van der Waals surface area contributed by atoms with Gasteiger partial charge >= 0.3 is 0 Å². The molecule has 26 heavy (non-hydrogen) atoms. The molecular weight excluding hydrogens is 328 g/mol. The van der Waals surface area contributed by atoms with Crippen molar-refractivity contribution in [1.82, 2.24) is 5.01 Å². The van der Waals surface area contributed by atoms with Gasteiger partial charge in [0.05, 0.1) is 11.8 Å². The van der Waals surface area contributed by atoms with Gasteiger partial charge in [-0.2, -0.15) is 5.10 Å². The molecule has 0 aliphatic carbocycles. The average molecular weight is 350 g/mol. The van der Waals surface area contributed by atoms with E-state index in [2.05, 4.69) is 43.1 Å². The monoisotopic (exact) mass is 350 g/mol. The van der Waals surface area contributed by atoms with Crippen LogP contribution in [-0.2, 0) is 0 Å². The molecule has 0 bridgehead atoms. The highest BCUT2D eigenvalue weighted by Crippen LogP contribution is 2.44. The molecule has 5 nitrogen and oxygen atoms in total. The second-order valence-corrected chi connectivity index (χ2v) is 7.45. The van der Waals surface area contributed by atoms with Gasteiger partial charge in [0, 0.05) is 24.0 Å². The second kappa shape index (κ2) is 5.94. The van der Waals surface area contributed by atoms with E-state index in [9.17, 15) is 0 Å². The van der Waals surface area contributed by atoms with E-state index in [1.165, 1.54) is 5.56 Å². The van der Waals surface area contributed by atoms with Crippen molar-refractivity contribution in [2.24, 2.45) is 11.0 Å². The predicted octanol–water partition coefficient (Wildman–Crippen LogP) is 4.33. The van der Waals surface area contributed by atoms with E-state index in [0.29, 0.717) is 5.92 Å². The van der Waals surface area contributed by atoms with Crippen molar-refractivity contribution in [2.45, 2.75) is 39.0 Å². The summed E-state index contributed by atoms with van der Waals surface area (Å²) in [5, 5.41) is 7.12. The van der Waals surface area contributed by atoms with Crippen molar-refractivity contribution in [3.8, 4) is 17.2 Å². The summed E-state index contributed by atoms with van der Waals surface area (Å²) in [6.07, 6.45) is 1.79. The lowest BCUT2D eigenvalue weighted by molar-refractivity contribution is -0.0291. The Bertz CT molecular complexity index is 877. The van der Waals surface area contributed by atoms with Crippen molar-refractivity contribution in [1.29, 1.82) is 0 Å². The zero-order valence-electron chi connectivity index (χ0n) is 15.0. The molecule has 0 saturated heterocycles. The number of para-hydroxylation sites is 1. The van der Waals surface area contributed by atoms with Gasteiger partial charge in [-0.3, -0.25) is 5.01 Å². The van der Waals surface area contributed by atoms with Crippen LogP contribution in [0.3, 0.4) is 0 Å². The summed E-state index contributed by atoms with van der Waals surface area (Å²) in [4.78, 5) is 0. The van der Waals surface area contributed by atoms with E-state index in [-0.39, 0.29) is 19.1 Å². The molecule has 5 rings (SSSR count). The summed E-state index contributed by atoms with van der Waals surface area (Å²) >= 11 is 0. The van der Waals surface area contributed by atoms with Crippen molar-refractivity contribution >= 4 is 5.71 Å². The van der Waals surface area contributed by atoms with E-state index in [1.807, 2.05) is 18.2 Å². The first-order chi connectivity index (χ1) is 12.7. The molecule has 3 aliphatic rings. The fraction of sp³-hybridized carbons (Fsp3) is 0.381. The molecule has 0 saturated carbocycles. The Morgan fingerprint density at radius 2 is 1.92 bits per heavy atom. The third-order valence-electron chi connectivity index (χ3n) is 5.16. The molecule has 2 aromatic rings. The molecule has 3 aliphatic heterocycles. The number of benzene rings is 2. The number of fused-ring (bicyclic) bond motifs is 4. The maximum atomic E-state index is 6.29. The number of nitrogens with zero attached hydrogens (tertiary/aromatic N) is 2. The Kier molecular flexibility index (Phi) is 3.55. The van der Waals surface area contributed by atoms with Gasteiger partial charge in [0.25, 0.3) is 0 Å². The van der Waals surface area contributed by atoms with E-state index < -0.39 is 0 Å². The van der Waals surface area contributed by atoms with Crippen LogP contribution < -0.4 is 14.2 Å². The lowest BCUT2D eigenvalue weighted by Crippen LogP contribution is -2.41. The number of hydrogen-bond acceptors (Lipinski definition) is 5. The summed E-state index contributed by atoms with van der Waals surface area (Å²) in [5.41, 5.74) is 3.37. The summed E-state index contributed by atoms with van der Waals surface area (Å²) < 4.78 is 17.2. The standard InChI is InChI=1S/C21H22N2O3/c1-13(2)9-21-23-17(15-5-3-4-6-18(15)26-21)11-16(22-23)14-7-8-19-20(10-14)25-12-24-19/h3-8,10,13,17,21H,9,11-12H2,1-2H3/t17-,21-/m0/s1. The van der Waals surface area contributed by atoms with Crippen LogP contribution >= 0.6 is 0 Å². The van der Waals surface area contributed by atoms with Gasteiger partial charge in [0.2, 0.25) is 6.79 Å². The summed E-state index contributed by atoms with van der Waals surface area (Å²) in [6, 6.07) is 14.6. The van der Waals surface area contributed by atoms with Crippen LogP contribution in [0.5, 0.6) is 17.2 Å². The van der Waals surface area contributed by atoms with Crippen molar-refractivity contribution in [3.05, 3.63) is 53.6 Å². The molecule has 3 heterocycles. The third-order valence-corrected chi connectivity index (χ3v) is 5.16. The van der Waals surface area contributed by atoms with Crippen LogP contribution in [-0.4, -0.2) is 23.7 Å². The van der Waals surface area contributed by atoms with Crippen LogP contribution in [0, 0.1) is 5.92 Å². The fourth-order valence-corrected chi connectivity index (χ4v) is 3.92. The van der Waals surface area contributed by atoms with Gasteiger partial charge in [-0.05, 0) is 30.2 Å². The molecule has 2 aromatic carbocycles. The lowest BCUT2D eigenvalue weighted by atomic mass is 9.95. The lowest BCUT2D eigenvalue weighted by Gasteiger charge is -2.38. The number of rotatable bonds is 3. The first kappa shape index (κ1) is 15.6. The van der Waals surface area contributed by atoms with Gasteiger partial charge < -0.3 is 14.2 Å². The normalized spacial score (nSPS) is 22.7. The molecule has 0 amide bonds. The minimum absolute atomic E-state index is 0.0265. The van der Waals surface area contributed by atoms with E-state index in [4.69, 9.17) is 19.3 Å². The van der Waals surface area contributed by atoms with E-state index in [0.717, 1.165) is 41.4 Å². The minimum Gasteiger partial charge on any atom is -0.469 e. The number of hydrazone groups is 1. The Labute approximate surface area is 153 Å². The summed E-state index contributed by atoms with van der Waals surface area (Å²) in [7, 11) is 0. The fourth-order valence-electron chi connectivity index (χ4n) is 3.92. The predicted molar refractivity (Wildman–Crippen MR) is 98.6 cm³/mol. The van der Waals surface area contributed by atoms with E-state index in [1.54, 1.807) is 0 Å². The van der Waals surface area contributed by atoms with Gasteiger partial charge in [0.1, 0.15) is 5.75 Å². The SMILES string of the molecule is CC(C)C[C@@H]1Oc2ccccc2[C@@H]2CC(c3ccc4c(c3)OCO4)=NN12. The number of hydrogen-bond donors (Lipinski definition) is 0. The van der Waals surface area contributed by atoms with Gasteiger partial charge in [-0.15, -0.1) is 0 Å². The zero-order valence-corrected chi connectivity index (χ0v) is 15.0. The van der Waals surface area contributed by atoms with Crippen LogP contribution in [0.15, 0.2) is 47.6 Å². The summed E-state index contributed by atoms with van der Waals surface area (Å²) in [5.74, 6) is 3.12. The Balaban J connectivity index is 1.51. The minimum atomic E-state index is -0.0265. The van der Waals surface area contributed by atoms with Crippen LogP contribution in [0.2, 0.25) is 0 Å². The molecule has 0 radical (unpaired) electrons. The first-order valence-corrected chi connectivity index (χ1v) is 9.20. The molecule has 0 unspecified atom stereocenters. The van der Waals surface area contributed by atoms with Gasteiger partial charge in [-0.25, -0.2) is 0 Å². The molecule has 0 N–H and O–H groups in total. The Morgan fingerprint density at radius 3 is 2.81 bits per heavy atom. The molecule has 134 valence electrons. The Hall–Kier alpha value is -2.69. The first-order valence-electron chi connectivity index (χ1n) is 9.20. The van der Waals surface area contributed by atoms with E-state index >= 15 is 0 Å². The molecule has 0 spiro atoms. The largest absolute Gasteiger partial charge is 0.469 e. The van der Waals surface area contributed by atoms with Gasteiger partial charge in [-0.1, -0.05) is 32.0 Å². The van der Waals surface area contributed by atoms with Crippen molar-refractivity contribution < 1.29 is 14.2 Å². The van der Waals surface area contributed by atoms with Crippen LogP contribution in [0.1, 0.15) is 43.9 Å². The maximum Gasteiger partial charge on any atom is 0.231 e. The highest BCUT2D eigenvalue weighted by Gasteiger charge is 2.40. The maximum absolute atomic E-state index is 6.29. The van der Waals surface area contributed by atoms with Crippen LogP contribution in [0.4, 0.5) is 0 Å². The molecule has 0 aromatic heterocycles. The quantitative estimate of drug-likeness (QED) is 0.826. The molecule has 5 heteroatoms. The molecule has 0 fully saturated rings. The van der Waals surface area contributed by atoms with Gasteiger partial charge in [0.15, 0.2) is 17.7 Å².